The smallest absolute Gasteiger partial charge is 0.254 e. The summed E-state index contributed by atoms with van der Waals surface area (Å²) in [5.74, 6) is 0.446. The lowest BCUT2D eigenvalue weighted by Gasteiger charge is -2.25. The van der Waals surface area contributed by atoms with Crippen molar-refractivity contribution in [1.82, 2.24) is 20.3 Å². The van der Waals surface area contributed by atoms with Crippen molar-refractivity contribution in [2.75, 3.05) is 0 Å². The maximum Gasteiger partial charge on any atom is 0.254 e. The molecule has 0 aromatic carbocycles. The molecule has 2 rings (SSSR count). The minimum absolute atomic E-state index is 0.0476. The molecule has 2 aromatic rings. The van der Waals surface area contributed by atoms with Gasteiger partial charge in [0.2, 0.25) is 5.91 Å². The Bertz CT molecular complexity index is 782. The summed E-state index contributed by atoms with van der Waals surface area (Å²) in [5.41, 5.74) is 1.52. The molecular weight excluding hydrogens is 316 g/mol. The van der Waals surface area contributed by atoms with Crippen LogP contribution in [-0.2, 0) is 11.2 Å². The van der Waals surface area contributed by atoms with Gasteiger partial charge in [0.15, 0.2) is 0 Å². The van der Waals surface area contributed by atoms with Crippen LogP contribution < -0.4 is 10.9 Å². The summed E-state index contributed by atoms with van der Waals surface area (Å²) in [6, 6.07) is 3.63. The molecule has 0 saturated carbocycles. The van der Waals surface area contributed by atoms with E-state index in [9.17, 15) is 9.59 Å². The Hall–Kier alpha value is -2.50. The molecule has 0 atom stereocenters. The molecule has 0 saturated heterocycles. The molecule has 2 heterocycles. The molecule has 0 unspecified atom stereocenters. The Morgan fingerprint density at radius 1 is 1.36 bits per heavy atom. The van der Waals surface area contributed by atoms with Crippen molar-refractivity contribution in [2.45, 2.75) is 58.9 Å². The fraction of sp³-hybridized carbons (Fsp3) is 0.474. The Kier molecular flexibility index (Phi) is 6.07. The van der Waals surface area contributed by atoms with Crippen LogP contribution in [-0.4, -0.2) is 26.4 Å². The summed E-state index contributed by atoms with van der Waals surface area (Å²) in [5, 5.41) is 3.02. The van der Waals surface area contributed by atoms with Crippen molar-refractivity contribution in [1.29, 1.82) is 0 Å². The fourth-order valence-electron chi connectivity index (χ4n) is 2.91. The molecule has 0 radical (unpaired) electrons. The number of carbonyl (C=O) groups is 1. The van der Waals surface area contributed by atoms with Crippen molar-refractivity contribution < 1.29 is 4.79 Å². The van der Waals surface area contributed by atoms with Crippen LogP contribution >= 0.6 is 0 Å². The first-order chi connectivity index (χ1) is 11.8. The first-order valence-electron chi connectivity index (χ1n) is 8.63. The summed E-state index contributed by atoms with van der Waals surface area (Å²) in [6.45, 7) is 7.91. The van der Waals surface area contributed by atoms with Gasteiger partial charge in [0.25, 0.3) is 5.56 Å². The van der Waals surface area contributed by atoms with E-state index in [0.717, 1.165) is 18.4 Å². The first-order valence-corrected chi connectivity index (χ1v) is 8.63. The zero-order valence-corrected chi connectivity index (χ0v) is 15.3. The number of hydrogen-bond acceptors (Lipinski definition) is 4. The molecular formula is C19H26N4O2. The van der Waals surface area contributed by atoms with Gasteiger partial charge in [0.05, 0.1) is 0 Å². The molecule has 2 N–H and O–H groups in total. The Morgan fingerprint density at radius 2 is 2.12 bits per heavy atom. The second kappa shape index (κ2) is 8.05. The highest BCUT2D eigenvalue weighted by Crippen LogP contribution is 2.14. The SMILES string of the molecule is CCCC(C)(C)NC(=O)CCc1c(C)nc(-c2cccnc2)[nH]c1=O. The summed E-state index contributed by atoms with van der Waals surface area (Å²) in [7, 11) is 0. The standard InChI is InChI=1S/C19H26N4O2/c1-5-10-19(3,4)23-16(24)9-8-15-13(2)21-17(22-18(15)25)14-7-6-11-20-12-14/h6-7,11-12H,5,8-10H2,1-4H3,(H,23,24)(H,21,22,25). The summed E-state index contributed by atoms with van der Waals surface area (Å²) in [6.07, 6.45) is 5.88. The molecule has 2 aromatic heterocycles. The molecule has 134 valence electrons. The number of carbonyl (C=O) groups excluding carboxylic acids is 1. The lowest BCUT2D eigenvalue weighted by Crippen LogP contribution is -2.43. The Labute approximate surface area is 148 Å². The minimum atomic E-state index is -0.226. The Balaban J connectivity index is 2.08. The van der Waals surface area contributed by atoms with Crippen molar-refractivity contribution in [2.24, 2.45) is 0 Å². The number of amides is 1. The zero-order valence-electron chi connectivity index (χ0n) is 15.3. The van der Waals surface area contributed by atoms with E-state index in [-0.39, 0.29) is 23.4 Å². The van der Waals surface area contributed by atoms with Gasteiger partial charge in [-0.15, -0.1) is 0 Å². The molecule has 6 nitrogen and oxygen atoms in total. The second-order valence-corrected chi connectivity index (χ2v) is 6.90. The van der Waals surface area contributed by atoms with Crippen LogP contribution in [0.3, 0.4) is 0 Å². The average Bonchev–Trinajstić information content (AvgIpc) is 2.54. The van der Waals surface area contributed by atoms with Crippen LogP contribution in [0.4, 0.5) is 0 Å². The summed E-state index contributed by atoms with van der Waals surface area (Å²) >= 11 is 0. The van der Waals surface area contributed by atoms with Crippen LogP contribution in [0.2, 0.25) is 0 Å². The highest BCUT2D eigenvalue weighted by Gasteiger charge is 2.19. The highest BCUT2D eigenvalue weighted by molar-refractivity contribution is 5.77. The molecule has 0 aliphatic heterocycles. The number of nitrogens with one attached hydrogen (secondary N) is 2. The number of aromatic nitrogens is 3. The van der Waals surface area contributed by atoms with Gasteiger partial charge in [-0.3, -0.25) is 14.6 Å². The predicted octanol–water partition coefficient (Wildman–Crippen LogP) is 2.77. The van der Waals surface area contributed by atoms with Crippen molar-refractivity contribution >= 4 is 5.91 Å². The van der Waals surface area contributed by atoms with E-state index in [0.29, 0.717) is 23.5 Å². The van der Waals surface area contributed by atoms with E-state index in [1.165, 1.54) is 0 Å². The van der Waals surface area contributed by atoms with E-state index < -0.39 is 0 Å². The van der Waals surface area contributed by atoms with Gasteiger partial charge >= 0.3 is 0 Å². The number of hydrogen-bond donors (Lipinski definition) is 2. The largest absolute Gasteiger partial charge is 0.351 e. The second-order valence-electron chi connectivity index (χ2n) is 6.90. The monoisotopic (exact) mass is 342 g/mol. The molecule has 1 amide bonds. The molecule has 0 bridgehead atoms. The van der Waals surface area contributed by atoms with Gasteiger partial charge in [0, 0.05) is 41.2 Å². The van der Waals surface area contributed by atoms with Gasteiger partial charge in [-0.05, 0) is 45.7 Å². The molecule has 6 heteroatoms. The minimum Gasteiger partial charge on any atom is -0.351 e. The van der Waals surface area contributed by atoms with E-state index >= 15 is 0 Å². The van der Waals surface area contributed by atoms with Crippen molar-refractivity contribution in [3.63, 3.8) is 0 Å². The van der Waals surface area contributed by atoms with E-state index in [2.05, 4.69) is 27.2 Å². The van der Waals surface area contributed by atoms with Crippen LogP contribution in [0.15, 0.2) is 29.3 Å². The lowest BCUT2D eigenvalue weighted by atomic mass is 9.98. The molecule has 0 aliphatic carbocycles. The fourth-order valence-corrected chi connectivity index (χ4v) is 2.91. The van der Waals surface area contributed by atoms with Gasteiger partial charge < -0.3 is 10.3 Å². The van der Waals surface area contributed by atoms with E-state index in [4.69, 9.17) is 0 Å². The predicted molar refractivity (Wildman–Crippen MR) is 98.3 cm³/mol. The number of nitrogens with zero attached hydrogens (tertiary/aromatic N) is 2. The van der Waals surface area contributed by atoms with Crippen LogP contribution in [0.1, 0.15) is 51.3 Å². The summed E-state index contributed by atoms with van der Waals surface area (Å²) in [4.78, 5) is 35.8. The quantitative estimate of drug-likeness (QED) is 0.810. The third kappa shape index (κ3) is 5.24. The third-order valence-electron chi connectivity index (χ3n) is 4.11. The Morgan fingerprint density at radius 3 is 2.72 bits per heavy atom. The number of pyridine rings is 1. The third-order valence-corrected chi connectivity index (χ3v) is 4.11. The van der Waals surface area contributed by atoms with Gasteiger partial charge in [-0.2, -0.15) is 0 Å². The van der Waals surface area contributed by atoms with Crippen LogP contribution in [0.25, 0.3) is 11.4 Å². The number of H-pyrrole nitrogens is 1. The maximum absolute atomic E-state index is 12.4. The summed E-state index contributed by atoms with van der Waals surface area (Å²) < 4.78 is 0. The molecule has 25 heavy (non-hydrogen) atoms. The topological polar surface area (TPSA) is 87.7 Å². The number of aryl methyl sites for hydroxylation is 1. The molecule has 0 fully saturated rings. The van der Waals surface area contributed by atoms with Crippen LogP contribution in [0.5, 0.6) is 0 Å². The lowest BCUT2D eigenvalue weighted by molar-refractivity contribution is -0.122. The van der Waals surface area contributed by atoms with E-state index in [1.54, 1.807) is 25.4 Å². The molecule has 0 aliphatic rings. The number of rotatable bonds is 7. The van der Waals surface area contributed by atoms with Gasteiger partial charge in [-0.25, -0.2) is 4.98 Å². The normalized spacial score (nSPS) is 11.4. The molecule has 0 spiro atoms. The van der Waals surface area contributed by atoms with Crippen LogP contribution in [0, 0.1) is 6.92 Å². The van der Waals surface area contributed by atoms with Gasteiger partial charge in [0.1, 0.15) is 5.82 Å². The van der Waals surface area contributed by atoms with Crippen molar-refractivity contribution in [3.8, 4) is 11.4 Å². The zero-order chi connectivity index (χ0) is 18.4. The van der Waals surface area contributed by atoms with E-state index in [1.807, 2.05) is 19.9 Å². The number of aromatic amines is 1. The van der Waals surface area contributed by atoms with Crippen molar-refractivity contribution in [3.05, 3.63) is 46.1 Å². The maximum atomic E-state index is 12.4. The highest BCUT2D eigenvalue weighted by atomic mass is 16.1. The first kappa shape index (κ1) is 18.8. The van der Waals surface area contributed by atoms with Gasteiger partial charge in [-0.1, -0.05) is 13.3 Å². The average molecular weight is 342 g/mol.